The van der Waals surface area contributed by atoms with Gasteiger partial charge >= 0.3 is 6.09 Å². The van der Waals surface area contributed by atoms with Gasteiger partial charge < -0.3 is 14.5 Å². The Balaban J connectivity index is 1.79. The standard InChI is InChI=1S/C15H28N2O2/c1-12(2)16-8-6-15(7-9-16)10-17(11-15)13(18)19-14(3,4)5/h12H,6-11H2,1-5H3. The van der Waals surface area contributed by atoms with Crippen LogP contribution in [0, 0.1) is 5.41 Å². The number of rotatable bonds is 1. The van der Waals surface area contributed by atoms with E-state index in [4.69, 9.17) is 4.74 Å². The highest BCUT2D eigenvalue weighted by molar-refractivity contribution is 5.69. The summed E-state index contributed by atoms with van der Waals surface area (Å²) in [6, 6.07) is 0.638. The number of hydrogen-bond acceptors (Lipinski definition) is 3. The van der Waals surface area contributed by atoms with Crippen molar-refractivity contribution in [1.29, 1.82) is 0 Å². The lowest BCUT2D eigenvalue weighted by atomic mass is 9.72. The van der Waals surface area contributed by atoms with Crippen LogP contribution in [0.3, 0.4) is 0 Å². The highest BCUT2D eigenvalue weighted by Gasteiger charge is 2.47. The van der Waals surface area contributed by atoms with E-state index >= 15 is 0 Å². The second-order valence-electron chi connectivity index (χ2n) is 7.47. The molecule has 2 fully saturated rings. The zero-order chi connectivity index (χ0) is 14.3. The SMILES string of the molecule is CC(C)N1CCC2(CC1)CN(C(=O)OC(C)(C)C)C2. The summed E-state index contributed by atoms with van der Waals surface area (Å²) in [7, 11) is 0. The van der Waals surface area contributed by atoms with Crippen LogP contribution in [0.4, 0.5) is 4.79 Å². The van der Waals surface area contributed by atoms with Gasteiger partial charge in [0.1, 0.15) is 5.60 Å². The molecule has 2 aliphatic rings. The molecule has 0 aromatic carbocycles. The molecule has 0 atom stereocenters. The molecule has 2 rings (SSSR count). The van der Waals surface area contributed by atoms with E-state index in [0.717, 1.165) is 13.1 Å². The summed E-state index contributed by atoms with van der Waals surface area (Å²) in [5.74, 6) is 0. The van der Waals surface area contributed by atoms with Crippen LogP contribution in [-0.4, -0.2) is 53.7 Å². The minimum absolute atomic E-state index is 0.149. The molecule has 4 nitrogen and oxygen atoms in total. The fourth-order valence-electron chi connectivity index (χ4n) is 3.05. The average Bonchev–Trinajstić information content (AvgIpc) is 2.23. The lowest BCUT2D eigenvalue weighted by Crippen LogP contribution is -2.62. The van der Waals surface area contributed by atoms with Crippen molar-refractivity contribution in [1.82, 2.24) is 9.80 Å². The number of ether oxygens (including phenoxy) is 1. The molecule has 1 spiro atoms. The van der Waals surface area contributed by atoms with Crippen molar-refractivity contribution in [2.24, 2.45) is 5.41 Å². The van der Waals surface area contributed by atoms with Crippen molar-refractivity contribution in [3.05, 3.63) is 0 Å². The number of amides is 1. The van der Waals surface area contributed by atoms with E-state index < -0.39 is 0 Å². The van der Waals surface area contributed by atoms with Gasteiger partial charge in [0, 0.05) is 24.5 Å². The fourth-order valence-corrected chi connectivity index (χ4v) is 3.05. The van der Waals surface area contributed by atoms with Gasteiger partial charge in [0.15, 0.2) is 0 Å². The summed E-state index contributed by atoms with van der Waals surface area (Å²) in [6.07, 6.45) is 2.28. The second-order valence-corrected chi connectivity index (χ2v) is 7.47. The molecular weight excluding hydrogens is 240 g/mol. The predicted octanol–water partition coefficient (Wildman–Crippen LogP) is 2.73. The molecule has 2 saturated heterocycles. The normalized spacial score (nSPS) is 23.6. The maximum atomic E-state index is 11.9. The molecule has 110 valence electrons. The number of nitrogens with zero attached hydrogens (tertiary/aromatic N) is 2. The van der Waals surface area contributed by atoms with E-state index in [1.807, 2.05) is 25.7 Å². The Hall–Kier alpha value is -0.770. The zero-order valence-corrected chi connectivity index (χ0v) is 13.0. The first-order chi connectivity index (χ1) is 8.71. The van der Waals surface area contributed by atoms with Crippen molar-refractivity contribution >= 4 is 6.09 Å². The van der Waals surface area contributed by atoms with Crippen molar-refractivity contribution in [2.45, 2.75) is 59.1 Å². The summed E-state index contributed by atoms with van der Waals surface area (Å²) < 4.78 is 5.41. The van der Waals surface area contributed by atoms with Crippen molar-refractivity contribution in [3.8, 4) is 0 Å². The van der Waals surface area contributed by atoms with Crippen molar-refractivity contribution < 1.29 is 9.53 Å². The third-order valence-electron chi connectivity index (χ3n) is 4.29. The Morgan fingerprint density at radius 3 is 2.11 bits per heavy atom. The molecular formula is C15H28N2O2. The molecule has 0 N–H and O–H groups in total. The summed E-state index contributed by atoms with van der Waals surface area (Å²) >= 11 is 0. The molecule has 0 aromatic heterocycles. The van der Waals surface area contributed by atoms with Gasteiger partial charge in [-0.25, -0.2) is 4.79 Å². The van der Waals surface area contributed by atoms with Crippen LogP contribution >= 0.6 is 0 Å². The molecule has 0 saturated carbocycles. The second kappa shape index (κ2) is 4.97. The lowest BCUT2D eigenvalue weighted by molar-refractivity contribution is -0.0623. The summed E-state index contributed by atoms with van der Waals surface area (Å²) in [6.45, 7) is 14.4. The quantitative estimate of drug-likeness (QED) is 0.733. The van der Waals surface area contributed by atoms with Gasteiger partial charge in [-0.1, -0.05) is 0 Å². The molecule has 2 aliphatic heterocycles. The fraction of sp³-hybridized carbons (Fsp3) is 0.933. The maximum Gasteiger partial charge on any atom is 0.410 e. The van der Waals surface area contributed by atoms with Crippen LogP contribution < -0.4 is 0 Å². The lowest BCUT2D eigenvalue weighted by Gasteiger charge is -2.54. The van der Waals surface area contributed by atoms with Gasteiger partial charge in [0.25, 0.3) is 0 Å². The topological polar surface area (TPSA) is 32.8 Å². The summed E-state index contributed by atoms with van der Waals surface area (Å²) in [4.78, 5) is 16.3. The molecule has 0 aliphatic carbocycles. The van der Waals surface area contributed by atoms with Gasteiger partial charge in [0.2, 0.25) is 0 Å². The Kier molecular flexibility index (Phi) is 3.83. The van der Waals surface area contributed by atoms with E-state index in [1.54, 1.807) is 0 Å². The smallest absolute Gasteiger partial charge is 0.410 e. The minimum Gasteiger partial charge on any atom is -0.444 e. The molecule has 1 amide bonds. The molecule has 0 aromatic rings. The summed E-state index contributed by atoms with van der Waals surface area (Å²) in [5, 5.41) is 0. The maximum absolute atomic E-state index is 11.9. The first kappa shape index (κ1) is 14.6. The molecule has 0 radical (unpaired) electrons. The van der Waals surface area contributed by atoms with Crippen LogP contribution in [0.2, 0.25) is 0 Å². The highest BCUT2D eigenvalue weighted by atomic mass is 16.6. The van der Waals surface area contributed by atoms with Gasteiger partial charge in [-0.05, 0) is 60.5 Å². The number of likely N-dealkylation sites (tertiary alicyclic amines) is 2. The van der Waals surface area contributed by atoms with Gasteiger partial charge in [-0.2, -0.15) is 0 Å². The Bertz CT molecular complexity index is 331. The largest absolute Gasteiger partial charge is 0.444 e. The number of carbonyl (C=O) groups is 1. The van der Waals surface area contributed by atoms with E-state index in [2.05, 4.69) is 18.7 Å². The Morgan fingerprint density at radius 2 is 1.68 bits per heavy atom. The molecule has 19 heavy (non-hydrogen) atoms. The summed E-state index contributed by atoms with van der Waals surface area (Å²) in [5.41, 5.74) is -0.0108. The molecule has 0 bridgehead atoms. The number of hydrogen-bond donors (Lipinski definition) is 0. The van der Waals surface area contributed by atoms with Crippen LogP contribution in [-0.2, 0) is 4.74 Å². The van der Waals surface area contributed by atoms with Crippen LogP contribution in [0.1, 0.15) is 47.5 Å². The molecule has 2 heterocycles. The van der Waals surface area contributed by atoms with E-state index in [9.17, 15) is 4.79 Å². The van der Waals surface area contributed by atoms with Crippen molar-refractivity contribution in [3.63, 3.8) is 0 Å². The monoisotopic (exact) mass is 268 g/mol. The van der Waals surface area contributed by atoms with Crippen LogP contribution in [0.25, 0.3) is 0 Å². The van der Waals surface area contributed by atoms with Gasteiger partial charge in [0.05, 0.1) is 0 Å². The van der Waals surface area contributed by atoms with E-state index in [1.165, 1.54) is 25.9 Å². The molecule has 0 unspecified atom stereocenters. The van der Waals surface area contributed by atoms with Crippen LogP contribution in [0.5, 0.6) is 0 Å². The number of carbonyl (C=O) groups excluding carboxylic acids is 1. The number of piperidine rings is 1. The van der Waals surface area contributed by atoms with Crippen molar-refractivity contribution in [2.75, 3.05) is 26.2 Å². The third kappa shape index (κ3) is 3.41. The van der Waals surface area contributed by atoms with Gasteiger partial charge in [-0.3, -0.25) is 0 Å². The van der Waals surface area contributed by atoms with Gasteiger partial charge in [-0.15, -0.1) is 0 Å². The highest BCUT2D eigenvalue weighted by Crippen LogP contribution is 2.41. The Labute approximate surface area is 117 Å². The van der Waals surface area contributed by atoms with E-state index in [0.29, 0.717) is 11.5 Å². The third-order valence-corrected chi connectivity index (χ3v) is 4.29. The van der Waals surface area contributed by atoms with Crippen LogP contribution in [0.15, 0.2) is 0 Å². The molecule has 4 heteroatoms. The Morgan fingerprint density at radius 1 is 1.16 bits per heavy atom. The minimum atomic E-state index is -0.388. The zero-order valence-electron chi connectivity index (χ0n) is 13.0. The average molecular weight is 268 g/mol. The van der Waals surface area contributed by atoms with E-state index in [-0.39, 0.29) is 11.7 Å². The first-order valence-electron chi connectivity index (χ1n) is 7.43. The first-order valence-corrected chi connectivity index (χ1v) is 7.43. The predicted molar refractivity (Wildman–Crippen MR) is 76.2 cm³/mol.